The summed E-state index contributed by atoms with van der Waals surface area (Å²) in [5.41, 5.74) is 1.07. The van der Waals surface area contributed by atoms with Crippen molar-refractivity contribution in [3.63, 3.8) is 0 Å². The Hall–Kier alpha value is -1.91. The summed E-state index contributed by atoms with van der Waals surface area (Å²) in [6.45, 7) is 2.01. The molecule has 1 aromatic heterocycles. The summed E-state index contributed by atoms with van der Waals surface area (Å²) >= 11 is 0. The Morgan fingerprint density at radius 1 is 1.18 bits per heavy atom. The van der Waals surface area contributed by atoms with Crippen molar-refractivity contribution in [3.05, 3.63) is 29.1 Å². The number of aromatic nitrogens is 1. The third-order valence-corrected chi connectivity index (χ3v) is 2.28. The van der Waals surface area contributed by atoms with E-state index in [1.54, 1.807) is 6.07 Å². The fourth-order valence-corrected chi connectivity index (χ4v) is 1.44. The normalized spacial score (nSPS) is 9.82. The Morgan fingerprint density at radius 2 is 1.76 bits per heavy atom. The van der Waals surface area contributed by atoms with Crippen LogP contribution in [-0.2, 0) is 15.9 Å². The molecule has 0 saturated carbocycles. The summed E-state index contributed by atoms with van der Waals surface area (Å²) < 4.78 is 9.21. The highest BCUT2D eigenvalue weighted by molar-refractivity contribution is 6.02. The lowest BCUT2D eigenvalue weighted by molar-refractivity contribution is 0.0554. The zero-order valence-electron chi connectivity index (χ0n) is 10.1. The maximum Gasteiger partial charge on any atom is 0.340 e. The highest BCUT2D eigenvalue weighted by Gasteiger charge is 2.19. The van der Waals surface area contributed by atoms with Crippen molar-refractivity contribution in [2.24, 2.45) is 0 Å². The molecule has 92 valence electrons. The number of hydrogen-bond donors (Lipinski definition) is 0. The number of rotatable bonds is 4. The van der Waals surface area contributed by atoms with Crippen molar-refractivity contribution in [2.45, 2.75) is 19.8 Å². The molecule has 0 saturated heterocycles. The van der Waals surface area contributed by atoms with Gasteiger partial charge in [0.05, 0.1) is 25.3 Å². The highest BCUT2D eigenvalue weighted by atomic mass is 16.5. The van der Waals surface area contributed by atoms with E-state index in [0.29, 0.717) is 0 Å². The van der Waals surface area contributed by atoms with Crippen molar-refractivity contribution < 1.29 is 19.1 Å². The van der Waals surface area contributed by atoms with Gasteiger partial charge in [0.2, 0.25) is 0 Å². The standard InChI is InChI=1S/C12H15NO4/c1-4-5-8-6-9(11(14)16-2)10(7-13-8)12(15)17-3/h6-7H,4-5H2,1-3H3. The second kappa shape index (κ2) is 5.98. The van der Waals surface area contributed by atoms with Crippen molar-refractivity contribution in [1.82, 2.24) is 4.98 Å². The van der Waals surface area contributed by atoms with Gasteiger partial charge in [-0.25, -0.2) is 9.59 Å². The van der Waals surface area contributed by atoms with E-state index in [1.165, 1.54) is 20.4 Å². The summed E-state index contributed by atoms with van der Waals surface area (Å²) in [6.07, 6.45) is 3.00. The molecular formula is C12H15NO4. The first-order valence-corrected chi connectivity index (χ1v) is 5.29. The second-order valence-electron chi connectivity index (χ2n) is 3.45. The monoisotopic (exact) mass is 237 g/mol. The molecule has 17 heavy (non-hydrogen) atoms. The molecule has 0 N–H and O–H groups in total. The lowest BCUT2D eigenvalue weighted by atomic mass is 10.1. The van der Waals surface area contributed by atoms with Crippen molar-refractivity contribution in [3.8, 4) is 0 Å². The molecule has 1 heterocycles. The first kappa shape index (κ1) is 13.2. The van der Waals surface area contributed by atoms with Crippen LogP contribution in [0.4, 0.5) is 0 Å². The van der Waals surface area contributed by atoms with Crippen molar-refractivity contribution in [2.75, 3.05) is 14.2 Å². The number of aryl methyl sites for hydroxylation is 1. The van der Waals surface area contributed by atoms with Crippen LogP contribution in [0, 0.1) is 0 Å². The summed E-state index contributed by atoms with van der Waals surface area (Å²) in [5, 5.41) is 0. The number of esters is 2. The molecule has 0 aliphatic heterocycles. The molecule has 0 fully saturated rings. The summed E-state index contributed by atoms with van der Waals surface area (Å²) in [5.74, 6) is -1.16. The van der Waals surface area contributed by atoms with Gasteiger partial charge in [-0.3, -0.25) is 4.98 Å². The smallest absolute Gasteiger partial charge is 0.340 e. The topological polar surface area (TPSA) is 65.5 Å². The van der Waals surface area contributed by atoms with Gasteiger partial charge in [0.15, 0.2) is 0 Å². The largest absolute Gasteiger partial charge is 0.465 e. The van der Waals surface area contributed by atoms with E-state index in [4.69, 9.17) is 0 Å². The lowest BCUT2D eigenvalue weighted by Crippen LogP contribution is -2.13. The fraction of sp³-hybridized carbons (Fsp3) is 0.417. The minimum Gasteiger partial charge on any atom is -0.465 e. The van der Waals surface area contributed by atoms with Crippen LogP contribution in [-0.4, -0.2) is 31.1 Å². The Labute approximate surface area is 99.8 Å². The summed E-state index contributed by atoms with van der Waals surface area (Å²) in [6, 6.07) is 1.57. The summed E-state index contributed by atoms with van der Waals surface area (Å²) in [7, 11) is 2.52. The predicted octanol–water partition coefficient (Wildman–Crippen LogP) is 1.61. The zero-order chi connectivity index (χ0) is 12.8. The first-order valence-electron chi connectivity index (χ1n) is 5.29. The van der Waals surface area contributed by atoms with E-state index in [1.807, 2.05) is 6.92 Å². The van der Waals surface area contributed by atoms with E-state index in [2.05, 4.69) is 14.5 Å². The molecule has 5 heteroatoms. The number of carbonyl (C=O) groups excluding carboxylic acids is 2. The minimum absolute atomic E-state index is 0.124. The maximum absolute atomic E-state index is 11.6. The maximum atomic E-state index is 11.6. The molecule has 0 bridgehead atoms. The molecule has 1 aromatic rings. The number of carbonyl (C=O) groups is 2. The molecule has 0 spiro atoms. The fourth-order valence-electron chi connectivity index (χ4n) is 1.44. The van der Waals surface area contributed by atoms with Gasteiger partial charge in [-0.05, 0) is 12.5 Å². The van der Waals surface area contributed by atoms with Gasteiger partial charge < -0.3 is 9.47 Å². The number of hydrogen-bond acceptors (Lipinski definition) is 5. The number of ether oxygens (including phenoxy) is 2. The van der Waals surface area contributed by atoms with E-state index in [-0.39, 0.29) is 11.1 Å². The van der Waals surface area contributed by atoms with Crippen LogP contribution < -0.4 is 0 Å². The number of pyridine rings is 1. The molecule has 0 radical (unpaired) electrons. The zero-order valence-corrected chi connectivity index (χ0v) is 10.1. The van der Waals surface area contributed by atoms with Gasteiger partial charge in [0.25, 0.3) is 0 Å². The summed E-state index contributed by atoms with van der Waals surface area (Å²) in [4.78, 5) is 27.1. The van der Waals surface area contributed by atoms with Crippen molar-refractivity contribution in [1.29, 1.82) is 0 Å². The van der Waals surface area contributed by atoms with Crippen molar-refractivity contribution >= 4 is 11.9 Å². The molecule has 5 nitrogen and oxygen atoms in total. The van der Waals surface area contributed by atoms with Crippen LogP contribution in [0.2, 0.25) is 0 Å². The Bertz CT molecular complexity index is 429. The van der Waals surface area contributed by atoms with Gasteiger partial charge >= 0.3 is 11.9 Å². The average Bonchev–Trinajstić information content (AvgIpc) is 2.37. The van der Waals surface area contributed by atoms with Crippen LogP contribution in [0.5, 0.6) is 0 Å². The predicted molar refractivity (Wildman–Crippen MR) is 60.9 cm³/mol. The van der Waals surface area contributed by atoms with Crippen LogP contribution in [0.3, 0.4) is 0 Å². The molecule has 0 unspecified atom stereocenters. The number of methoxy groups -OCH3 is 2. The van der Waals surface area contributed by atoms with E-state index in [0.717, 1.165) is 18.5 Å². The van der Waals surface area contributed by atoms with Gasteiger partial charge in [-0.15, -0.1) is 0 Å². The third-order valence-electron chi connectivity index (χ3n) is 2.28. The van der Waals surface area contributed by atoms with E-state index in [9.17, 15) is 9.59 Å². The molecule has 0 aromatic carbocycles. The molecule has 0 aliphatic rings. The van der Waals surface area contributed by atoms with E-state index < -0.39 is 11.9 Å². The minimum atomic E-state index is -0.596. The van der Waals surface area contributed by atoms with Crippen LogP contribution in [0.15, 0.2) is 12.3 Å². The Morgan fingerprint density at radius 3 is 2.29 bits per heavy atom. The van der Waals surface area contributed by atoms with Crippen LogP contribution in [0.1, 0.15) is 39.8 Å². The SMILES string of the molecule is CCCc1cc(C(=O)OC)c(C(=O)OC)cn1. The van der Waals surface area contributed by atoms with Gasteiger partial charge in [0.1, 0.15) is 0 Å². The van der Waals surface area contributed by atoms with Crippen LogP contribution in [0.25, 0.3) is 0 Å². The Kier molecular flexibility index (Phi) is 4.63. The quantitative estimate of drug-likeness (QED) is 0.744. The van der Waals surface area contributed by atoms with Gasteiger partial charge in [0, 0.05) is 11.9 Å². The molecule has 1 rings (SSSR count). The first-order chi connectivity index (χ1) is 8.13. The van der Waals surface area contributed by atoms with Gasteiger partial charge in [-0.2, -0.15) is 0 Å². The third kappa shape index (κ3) is 3.03. The molecular weight excluding hydrogens is 222 g/mol. The highest BCUT2D eigenvalue weighted by Crippen LogP contribution is 2.13. The van der Waals surface area contributed by atoms with E-state index >= 15 is 0 Å². The van der Waals surface area contributed by atoms with Gasteiger partial charge in [-0.1, -0.05) is 13.3 Å². The second-order valence-corrected chi connectivity index (χ2v) is 3.45. The Balaban J connectivity index is 3.21. The molecule has 0 amide bonds. The van der Waals surface area contributed by atoms with Crippen LogP contribution >= 0.6 is 0 Å². The number of nitrogens with zero attached hydrogens (tertiary/aromatic N) is 1. The molecule has 0 aliphatic carbocycles. The lowest BCUT2D eigenvalue weighted by Gasteiger charge is -2.07. The average molecular weight is 237 g/mol. The molecule has 0 atom stereocenters.